The second kappa shape index (κ2) is 3.96. The average molecular weight is 223 g/mol. The summed E-state index contributed by atoms with van der Waals surface area (Å²) in [6.07, 6.45) is 1.48. The van der Waals surface area contributed by atoms with Gasteiger partial charge < -0.3 is 20.3 Å². The summed E-state index contributed by atoms with van der Waals surface area (Å²) < 4.78 is 10.4. The fourth-order valence-corrected chi connectivity index (χ4v) is 2.25. The lowest BCUT2D eigenvalue weighted by atomic mass is 9.96. The first-order valence-corrected chi connectivity index (χ1v) is 5.32. The molecular formula is C12H17NO3. The van der Waals surface area contributed by atoms with Gasteiger partial charge in [-0.3, -0.25) is 0 Å². The summed E-state index contributed by atoms with van der Waals surface area (Å²) >= 11 is 0. The van der Waals surface area contributed by atoms with Crippen LogP contribution in [-0.4, -0.2) is 25.9 Å². The predicted molar refractivity (Wildman–Crippen MR) is 60.8 cm³/mol. The van der Waals surface area contributed by atoms with Gasteiger partial charge in [-0.2, -0.15) is 0 Å². The van der Waals surface area contributed by atoms with Crippen LogP contribution in [-0.2, 0) is 12.0 Å². The van der Waals surface area contributed by atoms with Crippen molar-refractivity contribution in [2.24, 2.45) is 5.73 Å². The molecule has 0 fully saturated rings. The molecule has 0 saturated heterocycles. The average Bonchev–Trinajstić information content (AvgIpc) is 2.65. The van der Waals surface area contributed by atoms with E-state index in [0.717, 1.165) is 17.5 Å². The van der Waals surface area contributed by atoms with Crippen molar-refractivity contribution in [3.63, 3.8) is 0 Å². The molecule has 0 unspecified atom stereocenters. The zero-order chi connectivity index (χ0) is 11.8. The van der Waals surface area contributed by atoms with Crippen molar-refractivity contribution in [2.75, 3.05) is 20.8 Å². The molecule has 1 aliphatic carbocycles. The lowest BCUT2D eigenvalue weighted by Gasteiger charge is -2.22. The van der Waals surface area contributed by atoms with E-state index in [-0.39, 0.29) is 6.54 Å². The molecule has 0 aliphatic heterocycles. The number of benzene rings is 1. The molecule has 1 aromatic rings. The van der Waals surface area contributed by atoms with Gasteiger partial charge in [-0.25, -0.2) is 0 Å². The zero-order valence-corrected chi connectivity index (χ0v) is 9.62. The highest BCUT2D eigenvalue weighted by Crippen LogP contribution is 2.42. The second-order valence-corrected chi connectivity index (χ2v) is 4.10. The van der Waals surface area contributed by atoms with Crippen LogP contribution in [0.15, 0.2) is 12.1 Å². The molecule has 0 aromatic heterocycles. The van der Waals surface area contributed by atoms with Crippen LogP contribution in [0, 0.1) is 0 Å². The van der Waals surface area contributed by atoms with E-state index in [1.165, 1.54) is 0 Å². The van der Waals surface area contributed by atoms with Crippen LogP contribution in [0.2, 0.25) is 0 Å². The lowest BCUT2D eigenvalue weighted by molar-refractivity contribution is 0.0479. The van der Waals surface area contributed by atoms with Gasteiger partial charge in [-0.1, -0.05) is 0 Å². The minimum Gasteiger partial charge on any atom is -0.493 e. The predicted octanol–water partition coefficient (Wildman–Crippen LogP) is 0.796. The molecule has 16 heavy (non-hydrogen) atoms. The van der Waals surface area contributed by atoms with E-state index in [4.69, 9.17) is 15.2 Å². The Kier molecular flexibility index (Phi) is 2.78. The fraction of sp³-hybridized carbons (Fsp3) is 0.500. The molecule has 88 valence electrons. The van der Waals surface area contributed by atoms with E-state index in [1.54, 1.807) is 14.2 Å². The standard InChI is InChI=1S/C12H17NO3/c1-15-10-5-8-3-4-12(14,7-13)9(8)6-11(10)16-2/h5-6,14H,3-4,7,13H2,1-2H3/t12-/m1/s1. The molecule has 0 saturated carbocycles. The molecule has 1 atom stereocenters. The van der Waals surface area contributed by atoms with Gasteiger partial charge in [0, 0.05) is 6.54 Å². The first-order valence-electron chi connectivity index (χ1n) is 5.32. The van der Waals surface area contributed by atoms with Crippen LogP contribution < -0.4 is 15.2 Å². The van der Waals surface area contributed by atoms with Crippen molar-refractivity contribution >= 4 is 0 Å². The van der Waals surface area contributed by atoms with Crippen molar-refractivity contribution in [3.8, 4) is 11.5 Å². The van der Waals surface area contributed by atoms with Gasteiger partial charge in [0.05, 0.1) is 14.2 Å². The highest BCUT2D eigenvalue weighted by Gasteiger charge is 2.36. The number of nitrogens with two attached hydrogens (primary N) is 1. The molecule has 4 heteroatoms. The molecule has 1 aromatic carbocycles. The molecule has 0 amide bonds. The Hall–Kier alpha value is -1.26. The summed E-state index contributed by atoms with van der Waals surface area (Å²) in [5, 5.41) is 10.3. The minimum atomic E-state index is -0.908. The number of aryl methyl sites for hydroxylation is 1. The number of rotatable bonds is 3. The molecule has 1 aliphatic rings. The molecule has 0 spiro atoms. The third kappa shape index (κ3) is 1.54. The Balaban J connectivity index is 2.52. The molecule has 2 rings (SSSR count). The molecule has 0 bridgehead atoms. The van der Waals surface area contributed by atoms with Crippen molar-refractivity contribution < 1.29 is 14.6 Å². The third-order valence-corrected chi connectivity index (χ3v) is 3.26. The normalized spacial score (nSPS) is 23.0. The smallest absolute Gasteiger partial charge is 0.161 e. The van der Waals surface area contributed by atoms with Gasteiger partial charge >= 0.3 is 0 Å². The topological polar surface area (TPSA) is 64.7 Å². The van der Waals surface area contributed by atoms with Crippen molar-refractivity contribution in [2.45, 2.75) is 18.4 Å². The highest BCUT2D eigenvalue weighted by molar-refractivity contribution is 5.51. The van der Waals surface area contributed by atoms with E-state index in [9.17, 15) is 5.11 Å². The summed E-state index contributed by atoms with van der Waals surface area (Å²) in [4.78, 5) is 0. The van der Waals surface area contributed by atoms with E-state index < -0.39 is 5.60 Å². The van der Waals surface area contributed by atoms with E-state index >= 15 is 0 Å². The van der Waals surface area contributed by atoms with Crippen molar-refractivity contribution in [1.29, 1.82) is 0 Å². The van der Waals surface area contributed by atoms with Gasteiger partial charge in [0.25, 0.3) is 0 Å². The SMILES string of the molecule is COc1cc2c(cc1OC)[C@](O)(CN)CC2. The maximum absolute atomic E-state index is 10.3. The van der Waals surface area contributed by atoms with Gasteiger partial charge in [-0.05, 0) is 36.1 Å². The number of fused-ring (bicyclic) bond motifs is 1. The molecular weight excluding hydrogens is 206 g/mol. The second-order valence-electron chi connectivity index (χ2n) is 4.10. The van der Waals surface area contributed by atoms with Crippen LogP contribution in [0.4, 0.5) is 0 Å². The van der Waals surface area contributed by atoms with E-state index in [2.05, 4.69) is 0 Å². The minimum absolute atomic E-state index is 0.232. The van der Waals surface area contributed by atoms with E-state index in [1.807, 2.05) is 12.1 Å². The van der Waals surface area contributed by atoms with Crippen LogP contribution in [0.3, 0.4) is 0 Å². The molecule has 0 radical (unpaired) electrons. The molecule has 0 heterocycles. The quantitative estimate of drug-likeness (QED) is 0.795. The lowest BCUT2D eigenvalue weighted by Crippen LogP contribution is -2.32. The number of hydrogen-bond donors (Lipinski definition) is 2. The summed E-state index contributed by atoms with van der Waals surface area (Å²) in [5.74, 6) is 1.33. The number of methoxy groups -OCH3 is 2. The Labute approximate surface area is 95.0 Å². The number of aliphatic hydroxyl groups is 1. The molecule has 4 nitrogen and oxygen atoms in total. The Morgan fingerprint density at radius 1 is 1.31 bits per heavy atom. The Morgan fingerprint density at radius 2 is 1.94 bits per heavy atom. The summed E-state index contributed by atoms with van der Waals surface area (Å²) in [6, 6.07) is 3.75. The summed E-state index contributed by atoms with van der Waals surface area (Å²) in [5.41, 5.74) is 6.67. The monoisotopic (exact) mass is 223 g/mol. The first-order chi connectivity index (χ1) is 7.64. The van der Waals surface area contributed by atoms with Gasteiger partial charge in [0.1, 0.15) is 5.60 Å². The van der Waals surface area contributed by atoms with Crippen LogP contribution >= 0.6 is 0 Å². The summed E-state index contributed by atoms with van der Waals surface area (Å²) in [6.45, 7) is 0.232. The maximum Gasteiger partial charge on any atom is 0.161 e. The van der Waals surface area contributed by atoms with Crippen molar-refractivity contribution in [3.05, 3.63) is 23.3 Å². The van der Waals surface area contributed by atoms with Crippen molar-refractivity contribution in [1.82, 2.24) is 0 Å². The van der Waals surface area contributed by atoms with Gasteiger partial charge in [0.15, 0.2) is 11.5 Å². The van der Waals surface area contributed by atoms with Gasteiger partial charge in [0.2, 0.25) is 0 Å². The van der Waals surface area contributed by atoms with Gasteiger partial charge in [-0.15, -0.1) is 0 Å². The summed E-state index contributed by atoms with van der Waals surface area (Å²) in [7, 11) is 3.19. The van der Waals surface area contributed by atoms with E-state index in [0.29, 0.717) is 17.9 Å². The third-order valence-electron chi connectivity index (χ3n) is 3.26. The number of hydrogen-bond acceptors (Lipinski definition) is 4. The highest BCUT2D eigenvalue weighted by atomic mass is 16.5. The van der Waals surface area contributed by atoms with Crippen LogP contribution in [0.25, 0.3) is 0 Å². The number of ether oxygens (including phenoxy) is 2. The maximum atomic E-state index is 10.3. The Morgan fingerprint density at radius 3 is 2.50 bits per heavy atom. The fourth-order valence-electron chi connectivity index (χ4n) is 2.25. The Bertz CT molecular complexity index is 405. The van der Waals surface area contributed by atoms with Crippen LogP contribution in [0.5, 0.6) is 11.5 Å². The zero-order valence-electron chi connectivity index (χ0n) is 9.62. The largest absolute Gasteiger partial charge is 0.493 e. The first kappa shape index (κ1) is 11.2. The molecule has 3 N–H and O–H groups in total. The van der Waals surface area contributed by atoms with Crippen LogP contribution in [0.1, 0.15) is 17.5 Å².